The lowest BCUT2D eigenvalue weighted by Crippen LogP contribution is -2.30. The Balaban J connectivity index is 0.00000484. The minimum atomic E-state index is -0.945. The second-order valence-corrected chi connectivity index (χ2v) is 10.7. The molecule has 3 aromatic rings. The second kappa shape index (κ2) is 13.3. The van der Waals surface area contributed by atoms with Crippen molar-refractivity contribution in [2.45, 2.75) is 53.0 Å². The number of ether oxygens (including phenoxy) is 3. The van der Waals surface area contributed by atoms with E-state index in [4.69, 9.17) is 24.7 Å². The Morgan fingerprint density at radius 3 is 2.38 bits per heavy atom. The summed E-state index contributed by atoms with van der Waals surface area (Å²) in [4.78, 5) is 30.1. The molecule has 0 saturated heterocycles. The molecule has 2 aromatic carbocycles. The molecule has 224 valence electrons. The van der Waals surface area contributed by atoms with Crippen LogP contribution in [0.15, 0.2) is 42.6 Å². The molecule has 1 aliphatic heterocycles. The van der Waals surface area contributed by atoms with Gasteiger partial charge >= 0.3 is 5.97 Å². The number of nitrogens with one attached hydrogen (secondary N) is 1. The second-order valence-electron chi connectivity index (χ2n) is 10.7. The highest BCUT2D eigenvalue weighted by Crippen LogP contribution is 2.39. The molecule has 0 atom stereocenters. The van der Waals surface area contributed by atoms with Crippen LogP contribution >= 0.6 is 17.0 Å². The van der Waals surface area contributed by atoms with Crippen LogP contribution in [-0.4, -0.2) is 52.3 Å². The zero-order chi connectivity index (χ0) is 29.9. The molecule has 2 N–H and O–H groups in total. The van der Waals surface area contributed by atoms with Crippen molar-refractivity contribution < 1.29 is 33.3 Å². The van der Waals surface area contributed by atoms with Crippen LogP contribution in [0.25, 0.3) is 0 Å². The third kappa shape index (κ3) is 7.07. The Morgan fingerprint density at radius 1 is 1.07 bits per heavy atom. The number of carbonyl (C=O) groups is 2. The average Bonchev–Trinajstić information content (AvgIpc) is 3.21. The Labute approximate surface area is 254 Å². The number of Topliss-reactive ketones (excluding diaryl/α,β-unsaturated/α-hetero) is 1. The van der Waals surface area contributed by atoms with E-state index in [1.165, 1.54) is 11.1 Å². The van der Waals surface area contributed by atoms with Crippen LogP contribution in [0.4, 0.5) is 4.39 Å². The van der Waals surface area contributed by atoms with Crippen molar-refractivity contribution in [1.82, 2.24) is 9.88 Å². The number of hydrogen-bond donors (Lipinski definition) is 2. The summed E-state index contributed by atoms with van der Waals surface area (Å²) in [5, 5.41) is 17.6. The van der Waals surface area contributed by atoms with E-state index in [1.54, 1.807) is 50.2 Å². The average molecular weight is 645 g/mol. The third-order valence-corrected chi connectivity index (χ3v) is 6.58. The first-order chi connectivity index (χ1) is 19.4. The van der Waals surface area contributed by atoms with Crippen LogP contribution in [0.2, 0.25) is 0 Å². The van der Waals surface area contributed by atoms with Crippen molar-refractivity contribution in [2.24, 2.45) is 0 Å². The molecule has 0 spiro atoms. The molecule has 0 radical (unpaired) electrons. The van der Waals surface area contributed by atoms with E-state index < -0.39 is 11.8 Å². The number of amidine groups is 1. The maximum atomic E-state index is 15.4. The normalized spacial score (nSPS) is 12.4. The molecule has 42 heavy (non-hydrogen) atoms. The third-order valence-electron chi connectivity index (χ3n) is 6.58. The number of ketones is 1. The van der Waals surface area contributed by atoms with Gasteiger partial charge in [0.1, 0.15) is 11.6 Å². The Kier molecular flexibility index (Phi) is 10.3. The van der Waals surface area contributed by atoms with Gasteiger partial charge in [0.2, 0.25) is 5.88 Å². The number of pyridine rings is 1. The Morgan fingerprint density at radius 2 is 1.79 bits per heavy atom. The number of aliphatic carboxylic acids is 1. The molecule has 11 heteroatoms. The highest BCUT2D eigenvalue weighted by Gasteiger charge is 2.33. The summed E-state index contributed by atoms with van der Waals surface area (Å²) in [6.45, 7) is 10.2. The molecular formula is C31H35BrFN3O6. The van der Waals surface area contributed by atoms with Crippen LogP contribution in [0.3, 0.4) is 0 Å². The molecule has 0 fully saturated rings. The highest BCUT2D eigenvalue weighted by molar-refractivity contribution is 8.93. The Hall–Kier alpha value is -3.99. The van der Waals surface area contributed by atoms with Crippen LogP contribution in [0, 0.1) is 11.2 Å². The molecule has 4 rings (SSSR count). The molecule has 0 unspecified atom stereocenters. The summed E-state index contributed by atoms with van der Waals surface area (Å²) < 4.78 is 32.5. The predicted octanol–water partition coefficient (Wildman–Crippen LogP) is 6.34. The van der Waals surface area contributed by atoms with Crippen LogP contribution in [0.5, 0.6) is 23.1 Å². The van der Waals surface area contributed by atoms with Crippen molar-refractivity contribution in [3.05, 3.63) is 76.2 Å². The largest absolute Gasteiger partial charge is 0.490 e. The molecule has 0 amide bonds. The zero-order valence-electron chi connectivity index (χ0n) is 24.2. The van der Waals surface area contributed by atoms with E-state index in [9.17, 15) is 9.59 Å². The number of nitrogens with zero attached hydrogens (tertiary/aromatic N) is 2. The Bertz CT molecular complexity index is 1490. The maximum absolute atomic E-state index is 15.4. The summed E-state index contributed by atoms with van der Waals surface area (Å²) in [7, 11) is 0. The molecule has 0 saturated carbocycles. The van der Waals surface area contributed by atoms with Gasteiger partial charge in [-0.1, -0.05) is 26.8 Å². The van der Waals surface area contributed by atoms with E-state index in [1.807, 2.05) is 20.8 Å². The standard InChI is InChI=1S/C31H34FN3O6.BrH/c1-6-39-24-14-20-16-35(30(33)27(20)28(32)29(24)40-7-2)17-22(36)19-9-10-23(21(13-19)31(3,4)5)41-25-11-8-18(15-34-25)12-26(37)38;/h8-11,13-15,33H,6-7,12,16-17H2,1-5H3,(H,37,38);1H. The molecule has 0 aliphatic carbocycles. The number of hydrogen-bond acceptors (Lipinski definition) is 7. The van der Waals surface area contributed by atoms with E-state index in [-0.39, 0.29) is 77.2 Å². The van der Waals surface area contributed by atoms with E-state index >= 15 is 4.39 Å². The van der Waals surface area contributed by atoms with Crippen molar-refractivity contribution >= 4 is 34.6 Å². The quantitative estimate of drug-likeness (QED) is 0.232. The van der Waals surface area contributed by atoms with E-state index in [2.05, 4.69) is 4.98 Å². The van der Waals surface area contributed by atoms with E-state index in [0.29, 0.717) is 34.9 Å². The number of rotatable bonds is 11. The van der Waals surface area contributed by atoms with Gasteiger partial charge in [-0.15, -0.1) is 17.0 Å². The number of halogens is 2. The summed E-state index contributed by atoms with van der Waals surface area (Å²) in [5.41, 5.74) is 2.05. The monoisotopic (exact) mass is 643 g/mol. The maximum Gasteiger partial charge on any atom is 0.307 e. The van der Waals surface area contributed by atoms with Crippen molar-refractivity contribution in [3.8, 4) is 23.1 Å². The molecule has 0 bridgehead atoms. The van der Waals surface area contributed by atoms with Gasteiger partial charge in [0.15, 0.2) is 23.1 Å². The number of fused-ring (bicyclic) bond motifs is 1. The SMILES string of the molecule is Br.CCOc1cc2c(c(F)c1OCC)C(=N)N(CC(=O)c1ccc(Oc3ccc(CC(=O)O)cn3)c(C(C)(C)C)c1)C2. The molecule has 2 heterocycles. The topological polar surface area (TPSA) is 122 Å². The number of carbonyl (C=O) groups excluding carboxylic acids is 1. The highest BCUT2D eigenvalue weighted by atomic mass is 79.9. The lowest BCUT2D eigenvalue weighted by molar-refractivity contribution is -0.136. The minimum Gasteiger partial charge on any atom is -0.490 e. The molecule has 9 nitrogen and oxygen atoms in total. The zero-order valence-corrected chi connectivity index (χ0v) is 26.0. The first-order valence-electron chi connectivity index (χ1n) is 13.4. The fraction of sp³-hybridized carbons (Fsp3) is 0.355. The molecule has 1 aliphatic rings. The lowest BCUT2D eigenvalue weighted by Gasteiger charge is -2.24. The van der Waals surface area contributed by atoms with Crippen molar-refractivity contribution in [2.75, 3.05) is 19.8 Å². The summed E-state index contributed by atoms with van der Waals surface area (Å²) >= 11 is 0. The van der Waals surface area contributed by atoms with Crippen LogP contribution < -0.4 is 14.2 Å². The van der Waals surface area contributed by atoms with Gasteiger partial charge in [-0.05, 0) is 54.7 Å². The lowest BCUT2D eigenvalue weighted by atomic mass is 9.85. The van der Waals surface area contributed by atoms with Gasteiger partial charge in [-0.3, -0.25) is 15.0 Å². The van der Waals surface area contributed by atoms with Gasteiger partial charge < -0.3 is 24.2 Å². The number of carboxylic acids is 1. The van der Waals surface area contributed by atoms with Gasteiger partial charge in [-0.25, -0.2) is 9.37 Å². The fourth-order valence-corrected chi connectivity index (χ4v) is 4.66. The number of carboxylic acid groups (broad SMARTS) is 1. The summed E-state index contributed by atoms with van der Waals surface area (Å²) in [5.74, 6) is -0.845. The van der Waals surface area contributed by atoms with Crippen molar-refractivity contribution in [3.63, 3.8) is 0 Å². The van der Waals surface area contributed by atoms with Crippen LogP contribution in [-0.2, 0) is 23.2 Å². The number of benzene rings is 2. The van der Waals surface area contributed by atoms with Crippen molar-refractivity contribution in [1.29, 1.82) is 5.41 Å². The number of aromatic nitrogens is 1. The van der Waals surface area contributed by atoms with Gasteiger partial charge in [0, 0.05) is 29.9 Å². The fourth-order valence-electron chi connectivity index (χ4n) is 4.66. The van der Waals surface area contributed by atoms with E-state index in [0.717, 1.165) is 5.56 Å². The van der Waals surface area contributed by atoms with Crippen LogP contribution in [0.1, 0.15) is 67.2 Å². The van der Waals surface area contributed by atoms with Gasteiger partial charge in [-0.2, -0.15) is 0 Å². The summed E-state index contributed by atoms with van der Waals surface area (Å²) in [6, 6.07) is 10.0. The van der Waals surface area contributed by atoms with Gasteiger partial charge in [0.05, 0.1) is 31.7 Å². The summed E-state index contributed by atoms with van der Waals surface area (Å²) in [6.07, 6.45) is 1.32. The molecular weight excluding hydrogens is 609 g/mol. The first-order valence-corrected chi connectivity index (χ1v) is 13.4. The predicted molar refractivity (Wildman–Crippen MR) is 161 cm³/mol. The first kappa shape index (κ1) is 32.5. The van der Waals surface area contributed by atoms with Gasteiger partial charge in [0.25, 0.3) is 0 Å². The molecule has 1 aromatic heterocycles. The minimum absolute atomic E-state index is 0. The smallest absolute Gasteiger partial charge is 0.307 e.